The van der Waals surface area contributed by atoms with Crippen molar-refractivity contribution in [2.24, 2.45) is 0 Å². The van der Waals surface area contributed by atoms with Gasteiger partial charge in [-0.1, -0.05) is 77.0 Å². The summed E-state index contributed by atoms with van der Waals surface area (Å²) in [5.41, 5.74) is -0.382. The van der Waals surface area contributed by atoms with E-state index in [4.69, 9.17) is 9.57 Å². The number of imide groups is 1. The number of nitrogens with zero attached hydrogens (tertiary/aromatic N) is 1. The highest BCUT2D eigenvalue weighted by Gasteiger charge is 2.32. The molecule has 1 heterocycles. The summed E-state index contributed by atoms with van der Waals surface area (Å²) in [5, 5.41) is 0.620. The van der Waals surface area contributed by atoms with Crippen LogP contribution in [0.1, 0.15) is 136 Å². The van der Waals surface area contributed by atoms with Crippen molar-refractivity contribution in [3.05, 3.63) is 0 Å². The number of rotatable bonds is 18. The maximum absolute atomic E-state index is 11.7. The molecule has 0 aromatic heterocycles. The summed E-state index contributed by atoms with van der Waals surface area (Å²) in [7, 11) is 0. The van der Waals surface area contributed by atoms with Crippen molar-refractivity contribution in [2.45, 2.75) is 142 Å². The molecule has 0 N–H and O–H groups in total. The Hall–Kier alpha value is -1.92. The van der Waals surface area contributed by atoms with Crippen LogP contribution in [0.25, 0.3) is 0 Å². The van der Waals surface area contributed by atoms with Gasteiger partial charge in [0.25, 0.3) is 11.8 Å². The third kappa shape index (κ3) is 15.5. The van der Waals surface area contributed by atoms with Gasteiger partial charge in [-0.3, -0.25) is 14.4 Å². The number of carbonyl (C=O) groups excluding carboxylic acids is 4. The van der Waals surface area contributed by atoms with Gasteiger partial charge in [0.05, 0.1) is 0 Å². The van der Waals surface area contributed by atoms with Gasteiger partial charge >= 0.3 is 11.9 Å². The molecule has 0 aromatic rings. The number of esters is 1. The van der Waals surface area contributed by atoms with Gasteiger partial charge in [-0.2, -0.15) is 0 Å². The van der Waals surface area contributed by atoms with E-state index in [2.05, 4.69) is 0 Å². The first kappa shape index (κ1) is 29.1. The van der Waals surface area contributed by atoms with Crippen LogP contribution in [0.15, 0.2) is 0 Å². The lowest BCUT2D eigenvalue weighted by atomic mass is 10.0. The van der Waals surface area contributed by atoms with E-state index in [1.165, 1.54) is 57.8 Å². The molecule has 1 rings (SSSR count). The van der Waals surface area contributed by atoms with Gasteiger partial charge in [0.2, 0.25) is 0 Å². The second-order valence-electron chi connectivity index (χ2n) is 10.1. The predicted octanol–water partition coefficient (Wildman–Crippen LogP) is 6.18. The fourth-order valence-electron chi connectivity index (χ4n) is 3.86. The van der Waals surface area contributed by atoms with Gasteiger partial charge in [0.1, 0.15) is 5.60 Å². The summed E-state index contributed by atoms with van der Waals surface area (Å²) in [6.45, 7) is 5.71. The molecule has 2 amide bonds. The molecule has 0 unspecified atom stereocenters. The average molecular weight is 468 g/mol. The van der Waals surface area contributed by atoms with Gasteiger partial charge in [-0.25, -0.2) is 4.79 Å². The van der Waals surface area contributed by atoms with Crippen LogP contribution in [0, 0.1) is 0 Å². The first-order chi connectivity index (χ1) is 15.7. The summed E-state index contributed by atoms with van der Waals surface area (Å²) >= 11 is 0. The number of hydroxylamine groups is 2. The highest BCUT2D eigenvalue weighted by atomic mass is 16.7. The molecule has 7 nitrogen and oxygen atoms in total. The van der Waals surface area contributed by atoms with E-state index in [0.717, 1.165) is 32.1 Å². The second kappa shape index (κ2) is 16.7. The van der Waals surface area contributed by atoms with Crippen molar-refractivity contribution in [1.82, 2.24) is 5.06 Å². The highest BCUT2D eigenvalue weighted by Crippen LogP contribution is 2.16. The van der Waals surface area contributed by atoms with Crippen molar-refractivity contribution in [3.8, 4) is 0 Å². The Morgan fingerprint density at radius 1 is 0.636 bits per heavy atom. The molecule has 0 radical (unpaired) electrons. The number of carbonyl (C=O) groups is 4. The Labute approximate surface area is 199 Å². The lowest BCUT2D eigenvalue weighted by molar-refractivity contribution is -0.197. The monoisotopic (exact) mass is 467 g/mol. The van der Waals surface area contributed by atoms with E-state index in [0.29, 0.717) is 11.5 Å². The fraction of sp³-hybridized carbons (Fsp3) is 0.846. The quantitative estimate of drug-likeness (QED) is 0.136. The SMILES string of the molecule is CC(C)(C)OC(=O)CCCCCCCCCCCCCCCCC(=O)ON1C(=O)CCC1=O. The van der Waals surface area contributed by atoms with E-state index in [-0.39, 0.29) is 30.8 Å². The van der Waals surface area contributed by atoms with Gasteiger partial charge in [0.15, 0.2) is 0 Å². The maximum atomic E-state index is 11.7. The van der Waals surface area contributed by atoms with E-state index in [9.17, 15) is 19.2 Å². The molecule has 0 saturated carbocycles. The van der Waals surface area contributed by atoms with E-state index in [1.807, 2.05) is 20.8 Å². The third-order valence-corrected chi connectivity index (χ3v) is 5.63. The minimum atomic E-state index is -0.498. The van der Waals surface area contributed by atoms with E-state index >= 15 is 0 Å². The molecule has 1 aliphatic heterocycles. The number of hydrogen-bond acceptors (Lipinski definition) is 6. The molecule has 1 saturated heterocycles. The molecule has 0 bridgehead atoms. The molecule has 1 fully saturated rings. The van der Waals surface area contributed by atoms with Crippen molar-refractivity contribution >= 4 is 23.8 Å². The third-order valence-electron chi connectivity index (χ3n) is 5.63. The first-order valence-electron chi connectivity index (χ1n) is 13.0. The number of unbranched alkanes of at least 4 members (excludes halogenated alkanes) is 13. The number of amides is 2. The topological polar surface area (TPSA) is 90.0 Å². The van der Waals surface area contributed by atoms with Crippen LogP contribution in [-0.2, 0) is 28.8 Å². The fourth-order valence-corrected chi connectivity index (χ4v) is 3.86. The molecule has 0 atom stereocenters. The minimum absolute atomic E-state index is 0.0853. The summed E-state index contributed by atoms with van der Waals surface area (Å²) < 4.78 is 5.32. The van der Waals surface area contributed by atoms with Gasteiger partial charge < -0.3 is 9.57 Å². The maximum Gasteiger partial charge on any atom is 0.333 e. The Balaban J connectivity index is 1.79. The zero-order chi connectivity index (χ0) is 24.5. The molecule has 1 aliphatic rings. The largest absolute Gasteiger partial charge is 0.460 e. The molecule has 7 heteroatoms. The smallest absolute Gasteiger partial charge is 0.333 e. The van der Waals surface area contributed by atoms with Gasteiger partial charge in [-0.05, 0) is 33.6 Å². The van der Waals surface area contributed by atoms with Crippen LogP contribution in [0.4, 0.5) is 0 Å². The van der Waals surface area contributed by atoms with Gasteiger partial charge in [0, 0.05) is 25.7 Å². The number of hydrogen-bond donors (Lipinski definition) is 0. The van der Waals surface area contributed by atoms with Crippen molar-refractivity contribution in [1.29, 1.82) is 0 Å². The van der Waals surface area contributed by atoms with Gasteiger partial charge in [-0.15, -0.1) is 5.06 Å². The van der Waals surface area contributed by atoms with Crippen molar-refractivity contribution in [2.75, 3.05) is 0 Å². The van der Waals surface area contributed by atoms with Crippen LogP contribution >= 0.6 is 0 Å². The molecular formula is C26H45NO6. The predicted molar refractivity (Wildman–Crippen MR) is 127 cm³/mol. The molecule has 33 heavy (non-hydrogen) atoms. The molecule has 190 valence electrons. The zero-order valence-corrected chi connectivity index (χ0v) is 21.1. The first-order valence-corrected chi connectivity index (χ1v) is 13.0. The Morgan fingerprint density at radius 3 is 1.33 bits per heavy atom. The Morgan fingerprint density at radius 2 is 0.970 bits per heavy atom. The van der Waals surface area contributed by atoms with Crippen LogP contribution < -0.4 is 0 Å². The van der Waals surface area contributed by atoms with Crippen LogP contribution in [-0.4, -0.2) is 34.4 Å². The average Bonchev–Trinajstić information content (AvgIpc) is 3.04. The lowest BCUT2D eigenvalue weighted by Crippen LogP contribution is -2.31. The van der Waals surface area contributed by atoms with Crippen molar-refractivity contribution < 1.29 is 28.8 Å². The van der Waals surface area contributed by atoms with E-state index in [1.54, 1.807) is 0 Å². The second-order valence-corrected chi connectivity index (χ2v) is 10.1. The Kier molecular flexibility index (Phi) is 14.7. The number of ether oxygens (including phenoxy) is 1. The summed E-state index contributed by atoms with van der Waals surface area (Å²) in [4.78, 5) is 51.0. The van der Waals surface area contributed by atoms with Crippen LogP contribution in [0.5, 0.6) is 0 Å². The summed E-state index contributed by atoms with van der Waals surface area (Å²) in [6.07, 6.45) is 17.1. The van der Waals surface area contributed by atoms with Crippen LogP contribution in [0.2, 0.25) is 0 Å². The lowest BCUT2D eigenvalue weighted by Gasteiger charge is -2.19. The highest BCUT2D eigenvalue weighted by molar-refractivity contribution is 6.01. The van der Waals surface area contributed by atoms with Crippen molar-refractivity contribution in [3.63, 3.8) is 0 Å². The molecular weight excluding hydrogens is 422 g/mol. The summed E-state index contributed by atoms with van der Waals surface area (Å²) in [5.74, 6) is -1.44. The summed E-state index contributed by atoms with van der Waals surface area (Å²) in [6, 6.07) is 0. The molecule has 0 spiro atoms. The molecule has 0 aliphatic carbocycles. The zero-order valence-electron chi connectivity index (χ0n) is 21.1. The molecule has 0 aromatic carbocycles. The van der Waals surface area contributed by atoms with E-state index < -0.39 is 17.8 Å². The normalized spacial score (nSPS) is 14.1. The standard InChI is InChI=1S/C26H45NO6/c1-26(2,3)32-24(30)18-16-14-12-10-8-6-4-5-7-9-11-13-15-17-19-25(31)33-27-22(28)20-21-23(27)29/h4-21H2,1-3H3. The Bertz CT molecular complexity index is 594. The minimum Gasteiger partial charge on any atom is -0.460 e. The van der Waals surface area contributed by atoms with Crippen LogP contribution in [0.3, 0.4) is 0 Å².